The van der Waals surface area contributed by atoms with Gasteiger partial charge in [-0.05, 0) is 48.5 Å². The number of thiocarbonyl (C=S) groups is 1. The Morgan fingerprint density at radius 1 is 1.18 bits per heavy atom. The third-order valence-electron chi connectivity index (χ3n) is 4.07. The van der Waals surface area contributed by atoms with Gasteiger partial charge in [0.1, 0.15) is 5.75 Å². The smallest absolute Gasteiger partial charge is 0.261 e. The number of carbonyl (C=O) groups is 1. The van der Waals surface area contributed by atoms with Crippen LogP contribution in [0.4, 0.5) is 0 Å². The minimum absolute atomic E-state index is 0.235. The summed E-state index contributed by atoms with van der Waals surface area (Å²) in [6.45, 7) is 3.18. The maximum Gasteiger partial charge on any atom is 0.261 e. The van der Waals surface area contributed by atoms with E-state index in [1.807, 2.05) is 30.3 Å². The molecule has 2 rings (SSSR count). The van der Waals surface area contributed by atoms with Gasteiger partial charge in [0.05, 0.1) is 12.2 Å². The molecule has 4 nitrogen and oxygen atoms in total. The predicted molar refractivity (Wildman–Crippen MR) is 122 cm³/mol. The molecule has 0 heterocycles. The SMILES string of the molecule is CCCCCCOc1ccc(Br)cc1C(=O)NC(=S)NCc1ccccc1Cl. The van der Waals surface area contributed by atoms with Crippen LogP contribution < -0.4 is 15.4 Å². The molecule has 1 amide bonds. The number of carbonyl (C=O) groups excluding carboxylic acids is 1. The van der Waals surface area contributed by atoms with Gasteiger partial charge in [0.2, 0.25) is 0 Å². The zero-order valence-corrected chi connectivity index (χ0v) is 18.9. The van der Waals surface area contributed by atoms with Crippen LogP contribution in [0.15, 0.2) is 46.9 Å². The summed E-state index contributed by atoms with van der Waals surface area (Å²) in [5.74, 6) is 0.229. The molecule has 0 aromatic heterocycles. The van der Waals surface area contributed by atoms with E-state index in [1.54, 1.807) is 12.1 Å². The average Bonchev–Trinajstić information content (AvgIpc) is 2.68. The molecule has 0 saturated carbocycles. The third-order valence-corrected chi connectivity index (χ3v) is 5.17. The van der Waals surface area contributed by atoms with Crippen molar-refractivity contribution in [3.8, 4) is 5.75 Å². The quantitative estimate of drug-likeness (QED) is 0.346. The standard InChI is InChI=1S/C21H24BrClN2O2S/c1-2-3-4-7-12-27-19-11-10-16(22)13-17(19)20(26)25-21(28)24-14-15-8-5-6-9-18(15)23/h5-6,8-11,13H,2-4,7,12,14H2,1H3,(H2,24,25,26,28). The molecule has 0 fully saturated rings. The third kappa shape index (κ3) is 7.41. The topological polar surface area (TPSA) is 50.4 Å². The Bertz CT molecular complexity index is 817. The van der Waals surface area contributed by atoms with Crippen LogP contribution in [0.1, 0.15) is 48.5 Å². The molecule has 0 radical (unpaired) electrons. The van der Waals surface area contributed by atoms with Gasteiger partial charge in [-0.15, -0.1) is 0 Å². The van der Waals surface area contributed by atoms with Crippen molar-refractivity contribution in [2.75, 3.05) is 6.61 Å². The normalized spacial score (nSPS) is 10.4. The summed E-state index contributed by atoms with van der Waals surface area (Å²) in [7, 11) is 0. The van der Waals surface area contributed by atoms with Gasteiger partial charge in [0.15, 0.2) is 5.11 Å². The van der Waals surface area contributed by atoms with Crippen molar-refractivity contribution in [1.29, 1.82) is 0 Å². The Morgan fingerprint density at radius 3 is 2.71 bits per heavy atom. The van der Waals surface area contributed by atoms with E-state index >= 15 is 0 Å². The van der Waals surface area contributed by atoms with Gasteiger partial charge in [-0.1, -0.05) is 71.9 Å². The Hall–Kier alpha value is -1.63. The molecule has 0 saturated heterocycles. The van der Waals surface area contributed by atoms with Gasteiger partial charge in [-0.2, -0.15) is 0 Å². The number of hydrogen-bond acceptors (Lipinski definition) is 3. The van der Waals surface area contributed by atoms with Crippen molar-refractivity contribution in [2.24, 2.45) is 0 Å². The fourth-order valence-corrected chi connectivity index (χ4v) is 3.28. The minimum Gasteiger partial charge on any atom is -0.493 e. The second kappa shape index (κ2) is 12.0. The lowest BCUT2D eigenvalue weighted by molar-refractivity contribution is 0.0972. The van der Waals surface area contributed by atoms with Gasteiger partial charge < -0.3 is 10.1 Å². The molecule has 0 spiro atoms. The molecule has 0 aliphatic carbocycles. The zero-order chi connectivity index (χ0) is 20.4. The molecule has 0 unspecified atom stereocenters. The summed E-state index contributed by atoms with van der Waals surface area (Å²) < 4.78 is 6.62. The molecule has 7 heteroatoms. The first-order valence-electron chi connectivity index (χ1n) is 9.26. The van der Waals surface area contributed by atoms with Crippen LogP contribution in [0.25, 0.3) is 0 Å². The molecule has 28 heavy (non-hydrogen) atoms. The number of amides is 1. The molecule has 0 aliphatic rings. The Labute approximate surface area is 185 Å². The lowest BCUT2D eigenvalue weighted by atomic mass is 10.2. The van der Waals surface area contributed by atoms with E-state index in [-0.39, 0.29) is 11.0 Å². The second-order valence-electron chi connectivity index (χ2n) is 6.28. The number of nitrogens with one attached hydrogen (secondary N) is 2. The van der Waals surface area contributed by atoms with Crippen molar-refractivity contribution in [2.45, 2.75) is 39.2 Å². The number of rotatable bonds is 9. The maximum absolute atomic E-state index is 12.7. The predicted octanol–water partition coefficient (Wildman–Crippen LogP) is 5.87. The van der Waals surface area contributed by atoms with Crippen LogP contribution in [-0.2, 0) is 6.54 Å². The molecular formula is C21H24BrClN2O2S. The number of ether oxygens (including phenoxy) is 1. The minimum atomic E-state index is -0.318. The monoisotopic (exact) mass is 482 g/mol. The van der Waals surface area contributed by atoms with Crippen LogP contribution in [0, 0.1) is 0 Å². The highest BCUT2D eigenvalue weighted by Gasteiger charge is 2.15. The van der Waals surface area contributed by atoms with Gasteiger partial charge in [0, 0.05) is 16.0 Å². The van der Waals surface area contributed by atoms with E-state index < -0.39 is 0 Å². The van der Waals surface area contributed by atoms with Crippen LogP contribution >= 0.6 is 39.7 Å². The van der Waals surface area contributed by atoms with Crippen molar-refractivity contribution >= 4 is 50.8 Å². The Morgan fingerprint density at radius 2 is 1.96 bits per heavy atom. The van der Waals surface area contributed by atoms with E-state index in [2.05, 4.69) is 33.5 Å². The average molecular weight is 484 g/mol. The van der Waals surface area contributed by atoms with Crippen LogP contribution in [0.2, 0.25) is 5.02 Å². The molecular weight excluding hydrogens is 460 g/mol. The van der Waals surface area contributed by atoms with E-state index in [9.17, 15) is 4.79 Å². The molecule has 150 valence electrons. The highest BCUT2D eigenvalue weighted by Crippen LogP contribution is 2.23. The summed E-state index contributed by atoms with van der Waals surface area (Å²) in [4.78, 5) is 12.7. The van der Waals surface area contributed by atoms with Gasteiger partial charge >= 0.3 is 0 Å². The summed E-state index contributed by atoms with van der Waals surface area (Å²) in [5, 5.41) is 6.59. The second-order valence-corrected chi connectivity index (χ2v) is 8.01. The van der Waals surface area contributed by atoms with Crippen molar-refractivity contribution < 1.29 is 9.53 Å². The number of benzene rings is 2. The zero-order valence-electron chi connectivity index (χ0n) is 15.8. The molecule has 2 aromatic carbocycles. The molecule has 0 atom stereocenters. The number of halogens is 2. The summed E-state index contributed by atoms with van der Waals surface area (Å²) in [6.07, 6.45) is 4.43. The van der Waals surface area contributed by atoms with Crippen molar-refractivity contribution in [3.05, 3.63) is 63.1 Å². The molecule has 2 N–H and O–H groups in total. The highest BCUT2D eigenvalue weighted by molar-refractivity contribution is 9.10. The first-order chi connectivity index (χ1) is 13.5. The summed E-state index contributed by atoms with van der Waals surface area (Å²) in [6, 6.07) is 12.8. The van der Waals surface area contributed by atoms with E-state index in [0.717, 1.165) is 22.9 Å². The summed E-state index contributed by atoms with van der Waals surface area (Å²) >= 11 is 14.8. The van der Waals surface area contributed by atoms with E-state index in [4.69, 9.17) is 28.6 Å². The largest absolute Gasteiger partial charge is 0.493 e. The van der Waals surface area contributed by atoms with Crippen molar-refractivity contribution in [3.63, 3.8) is 0 Å². The fraction of sp³-hybridized carbons (Fsp3) is 0.333. The first-order valence-corrected chi connectivity index (χ1v) is 10.8. The van der Waals surface area contributed by atoms with Crippen LogP contribution in [-0.4, -0.2) is 17.6 Å². The summed E-state index contributed by atoms with van der Waals surface area (Å²) in [5.41, 5.74) is 1.34. The van der Waals surface area contributed by atoms with Crippen molar-refractivity contribution in [1.82, 2.24) is 10.6 Å². The first kappa shape index (κ1) is 22.7. The van der Waals surface area contributed by atoms with Crippen LogP contribution in [0.5, 0.6) is 5.75 Å². The van der Waals surface area contributed by atoms with Gasteiger partial charge in [-0.25, -0.2) is 0 Å². The van der Waals surface area contributed by atoms with Gasteiger partial charge in [0.25, 0.3) is 5.91 Å². The Balaban J connectivity index is 1.93. The highest BCUT2D eigenvalue weighted by atomic mass is 79.9. The number of unbranched alkanes of at least 4 members (excludes halogenated alkanes) is 3. The molecule has 2 aromatic rings. The maximum atomic E-state index is 12.7. The van der Waals surface area contributed by atoms with Gasteiger partial charge in [-0.3, -0.25) is 10.1 Å². The van der Waals surface area contributed by atoms with E-state index in [0.29, 0.717) is 29.5 Å². The molecule has 0 bridgehead atoms. The van der Waals surface area contributed by atoms with E-state index in [1.165, 1.54) is 12.8 Å². The number of hydrogen-bond donors (Lipinski definition) is 2. The lowest BCUT2D eigenvalue weighted by Crippen LogP contribution is -2.39. The fourth-order valence-electron chi connectivity index (χ4n) is 2.55. The Kier molecular flexibility index (Phi) is 9.75. The lowest BCUT2D eigenvalue weighted by Gasteiger charge is -2.14. The van der Waals surface area contributed by atoms with Crippen LogP contribution in [0.3, 0.4) is 0 Å². The molecule has 0 aliphatic heterocycles.